The monoisotopic (exact) mass is 318 g/mol. The summed E-state index contributed by atoms with van der Waals surface area (Å²) >= 11 is 0. The Balaban J connectivity index is 3.18. The fourth-order valence-corrected chi connectivity index (χ4v) is 3.62. The van der Waals surface area contributed by atoms with E-state index in [0.29, 0.717) is 31.8 Å². The molecule has 1 aromatic rings. The lowest BCUT2D eigenvalue weighted by atomic mass is 10.2. The summed E-state index contributed by atoms with van der Waals surface area (Å²) in [5, 5.41) is 3.07. The van der Waals surface area contributed by atoms with Crippen molar-refractivity contribution in [2.45, 2.75) is 25.3 Å². The molecule has 0 amide bonds. The third kappa shape index (κ3) is 4.74. The number of halogens is 1. The molecule has 21 heavy (non-hydrogen) atoms. The molecule has 0 saturated heterocycles. The van der Waals surface area contributed by atoms with Crippen molar-refractivity contribution in [3.05, 3.63) is 29.6 Å². The van der Waals surface area contributed by atoms with E-state index < -0.39 is 15.8 Å². The van der Waals surface area contributed by atoms with Crippen LogP contribution in [0.3, 0.4) is 0 Å². The SMILES string of the molecule is CCNCc1ccc(F)cc1S(=O)(=O)N(CC)CCOC. The van der Waals surface area contributed by atoms with E-state index in [1.165, 1.54) is 23.5 Å². The quantitative estimate of drug-likeness (QED) is 0.751. The lowest BCUT2D eigenvalue weighted by Crippen LogP contribution is -2.34. The van der Waals surface area contributed by atoms with E-state index in [9.17, 15) is 12.8 Å². The number of rotatable bonds is 9. The second-order valence-corrected chi connectivity index (χ2v) is 6.43. The smallest absolute Gasteiger partial charge is 0.243 e. The molecule has 7 heteroatoms. The summed E-state index contributed by atoms with van der Waals surface area (Å²) < 4.78 is 45.1. The molecule has 0 aliphatic heterocycles. The van der Waals surface area contributed by atoms with Crippen LogP contribution in [0.5, 0.6) is 0 Å². The predicted molar refractivity (Wildman–Crippen MR) is 80.1 cm³/mol. The summed E-state index contributed by atoms with van der Waals surface area (Å²) in [7, 11) is -2.22. The number of benzene rings is 1. The average molecular weight is 318 g/mol. The van der Waals surface area contributed by atoms with E-state index in [1.54, 1.807) is 6.92 Å². The number of nitrogens with zero attached hydrogens (tertiary/aromatic N) is 1. The van der Waals surface area contributed by atoms with Crippen molar-refractivity contribution >= 4 is 10.0 Å². The third-order valence-electron chi connectivity index (χ3n) is 3.11. The van der Waals surface area contributed by atoms with Crippen molar-refractivity contribution < 1.29 is 17.5 Å². The molecule has 1 aromatic carbocycles. The molecule has 0 bridgehead atoms. The fourth-order valence-electron chi connectivity index (χ4n) is 1.95. The van der Waals surface area contributed by atoms with Gasteiger partial charge in [0.25, 0.3) is 0 Å². The van der Waals surface area contributed by atoms with Gasteiger partial charge in [0.05, 0.1) is 11.5 Å². The second-order valence-electron chi connectivity index (χ2n) is 4.52. The highest BCUT2D eigenvalue weighted by Gasteiger charge is 2.26. The number of nitrogens with one attached hydrogen (secondary N) is 1. The summed E-state index contributed by atoms with van der Waals surface area (Å²) in [5.74, 6) is -0.559. The van der Waals surface area contributed by atoms with Crippen molar-refractivity contribution in [2.24, 2.45) is 0 Å². The van der Waals surface area contributed by atoms with Gasteiger partial charge < -0.3 is 10.1 Å². The van der Waals surface area contributed by atoms with Crippen LogP contribution < -0.4 is 5.32 Å². The van der Waals surface area contributed by atoms with Gasteiger partial charge in [-0.2, -0.15) is 4.31 Å². The number of sulfonamides is 1. The molecule has 0 fully saturated rings. The van der Waals surface area contributed by atoms with Crippen molar-refractivity contribution in [3.63, 3.8) is 0 Å². The van der Waals surface area contributed by atoms with Gasteiger partial charge >= 0.3 is 0 Å². The van der Waals surface area contributed by atoms with E-state index in [0.717, 1.165) is 6.07 Å². The number of ether oxygens (including phenoxy) is 1. The van der Waals surface area contributed by atoms with Crippen LogP contribution in [-0.4, -0.2) is 46.1 Å². The van der Waals surface area contributed by atoms with Gasteiger partial charge in [0, 0.05) is 26.7 Å². The molecule has 0 saturated carbocycles. The van der Waals surface area contributed by atoms with Crippen LogP contribution in [0.15, 0.2) is 23.1 Å². The first-order valence-corrected chi connectivity index (χ1v) is 8.39. The summed E-state index contributed by atoms with van der Waals surface area (Å²) in [5.41, 5.74) is 0.564. The van der Waals surface area contributed by atoms with Crippen molar-refractivity contribution in [1.29, 1.82) is 0 Å². The molecule has 0 unspecified atom stereocenters. The molecule has 1 N–H and O–H groups in total. The predicted octanol–water partition coefficient (Wildman–Crippen LogP) is 1.59. The topological polar surface area (TPSA) is 58.6 Å². The van der Waals surface area contributed by atoms with E-state index in [4.69, 9.17) is 4.74 Å². The summed E-state index contributed by atoms with van der Waals surface area (Å²) in [4.78, 5) is 0.0152. The van der Waals surface area contributed by atoms with Gasteiger partial charge in [-0.3, -0.25) is 0 Å². The third-order valence-corrected chi connectivity index (χ3v) is 5.17. The maximum atomic E-state index is 13.5. The summed E-state index contributed by atoms with van der Waals surface area (Å²) in [6, 6.07) is 3.86. The van der Waals surface area contributed by atoms with Gasteiger partial charge in [-0.25, -0.2) is 12.8 Å². The molecule has 0 aliphatic rings. The highest BCUT2D eigenvalue weighted by Crippen LogP contribution is 2.21. The Hall–Kier alpha value is -1.02. The van der Waals surface area contributed by atoms with Gasteiger partial charge in [-0.1, -0.05) is 19.9 Å². The first-order chi connectivity index (χ1) is 9.97. The zero-order valence-electron chi connectivity index (χ0n) is 12.7. The van der Waals surface area contributed by atoms with E-state index in [1.807, 2.05) is 6.92 Å². The Morgan fingerprint density at radius 1 is 1.33 bits per heavy atom. The molecule has 0 radical (unpaired) electrons. The number of methoxy groups -OCH3 is 1. The van der Waals surface area contributed by atoms with Crippen molar-refractivity contribution in [2.75, 3.05) is 33.4 Å². The molecule has 120 valence electrons. The largest absolute Gasteiger partial charge is 0.383 e. The zero-order chi connectivity index (χ0) is 15.9. The van der Waals surface area contributed by atoms with Crippen LogP contribution in [0.1, 0.15) is 19.4 Å². The first-order valence-electron chi connectivity index (χ1n) is 6.95. The second kappa shape index (κ2) is 8.43. The fraction of sp³-hybridized carbons (Fsp3) is 0.571. The molecule has 0 spiro atoms. The molecule has 1 rings (SSSR count). The minimum Gasteiger partial charge on any atom is -0.383 e. The van der Waals surface area contributed by atoms with Crippen molar-refractivity contribution in [3.8, 4) is 0 Å². The summed E-state index contributed by atoms with van der Waals surface area (Å²) in [6.45, 7) is 5.61. The van der Waals surface area contributed by atoms with Crippen LogP contribution in [0.4, 0.5) is 4.39 Å². The Morgan fingerprint density at radius 2 is 2.05 bits per heavy atom. The molecule has 0 atom stereocenters. The number of hydrogen-bond donors (Lipinski definition) is 1. The van der Waals surface area contributed by atoms with Gasteiger partial charge in [0.1, 0.15) is 5.82 Å². The first kappa shape index (κ1) is 18.0. The number of hydrogen-bond acceptors (Lipinski definition) is 4. The molecule has 0 heterocycles. The Bertz CT molecular complexity index is 549. The molecule has 0 aromatic heterocycles. The number of likely N-dealkylation sites (N-methyl/N-ethyl adjacent to an activating group) is 1. The van der Waals surface area contributed by atoms with Crippen LogP contribution >= 0.6 is 0 Å². The van der Waals surface area contributed by atoms with Gasteiger partial charge in [-0.05, 0) is 24.2 Å². The minimum atomic E-state index is -3.73. The minimum absolute atomic E-state index is 0.0152. The van der Waals surface area contributed by atoms with Crippen LogP contribution in [-0.2, 0) is 21.3 Å². The normalized spacial score (nSPS) is 12.0. The Morgan fingerprint density at radius 3 is 2.62 bits per heavy atom. The maximum Gasteiger partial charge on any atom is 0.243 e. The zero-order valence-corrected chi connectivity index (χ0v) is 13.5. The van der Waals surface area contributed by atoms with Gasteiger partial charge in [0.2, 0.25) is 10.0 Å². The highest BCUT2D eigenvalue weighted by molar-refractivity contribution is 7.89. The van der Waals surface area contributed by atoms with Crippen LogP contribution in [0.2, 0.25) is 0 Å². The Kier molecular flexibility index (Phi) is 7.24. The van der Waals surface area contributed by atoms with Crippen molar-refractivity contribution in [1.82, 2.24) is 9.62 Å². The maximum absolute atomic E-state index is 13.5. The van der Waals surface area contributed by atoms with Crippen LogP contribution in [0, 0.1) is 5.82 Å². The summed E-state index contributed by atoms with van der Waals surface area (Å²) in [6.07, 6.45) is 0. The Labute approximate surface area is 126 Å². The van der Waals surface area contributed by atoms with E-state index >= 15 is 0 Å². The molecule has 5 nitrogen and oxygen atoms in total. The van der Waals surface area contributed by atoms with Gasteiger partial charge in [0.15, 0.2) is 0 Å². The average Bonchev–Trinajstić information content (AvgIpc) is 2.46. The van der Waals surface area contributed by atoms with E-state index in [-0.39, 0.29) is 11.4 Å². The highest BCUT2D eigenvalue weighted by atomic mass is 32.2. The van der Waals surface area contributed by atoms with Gasteiger partial charge in [-0.15, -0.1) is 0 Å². The molecule has 0 aliphatic carbocycles. The standard InChI is InChI=1S/C14H23FN2O3S/c1-4-16-11-12-6-7-13(15)10-14(12)21(18,19)17(5-2)8-9-20-3/h6-7,10,16H,4-5,8-9,11H2,1-3H3. The molecular weight excluding hydrogens is 295 g/mol. The lowest BCUT2D eigenvalue weighted by molar-refractivity contribution is 0.180. The molecular formula is C14H23FN2O3S. The van der Waals surface area contributed by atoms with Crippen LogP contribution in [0.25, 0.3) is 0 Å². The van der Waals surface area contributed by atoms with E-state index in [2.05, 4.69) is 5.32 Å². The lowest BCUT2D eigenvalue weighted by Gasteiger charge is -2.22.